The van der Waals surface area contributed by atoms with Crippen LogP contribution in [0.1, 0.15) is 11.4 Å². The van der Waals surface area contributed by atoms with E-state index in [1.165, 1.54) is 37.7 Å². The number of carbonyl (C=O) groups is 2. The summed E-state index contributed by atoms with van der Waals surface area (Å²) in [5.41, 5.74) is 3.26. The lowest BCUT2D eigenvalue weighted by atomic mass is 10.2. The van der Waals surface area contributed by atoms with Crippen molar-refractivity contribution in [3.8, 4) is 0 Å². The topological polar surface area (TPSA) is 78.4 Å². The van der Waals surface area contributed by atoms with Gasteiger partial charge in [0.05, 0.1) is 48.1 Å². The largest absolute Gasteiger partial charge is 0.468 e. The number of thioether (sulfide) groups is 2. The molecular formula is C16H18N2O4S2. The van der Waals surface area contributed by atoms with Gasteiger partial charge in [-0.25, -0.2) is 9.97 Å². The zero-order valence-corrected chi connectivity index (χ0v) is 15.1. The van der Waals surface area contributed by atoms with Crippen molar-refractivity contribution >= 4 is 46.5 Å². The van der Waals surface area contributed by atoms with Crippen LogP contribution in [0.3, 0.4) is 0 Å². The van der Waals surface area contributed by atoms with Crippen LogP contribution in [0.15, 0.2) is 24.3 Å². The molecule has 128 valence electrons. The van der Waals surface area contributed by atoms with E-state index in [0.717, 1.165) is 22.4 Å². The number of para-hydroxylation sites is 2. The van der Waals surface area contributed by atoms with Crippen molar-refractivity contribution in [1.29, 1.82) is 0 Å². The van der Waals surface area contributed by atoms with Gasteiger partial charge in [0.2, 0.25) is 0 Å². The molecule has 0 saturated carbocycles. The number of aromatic nitrogens is 2. The van der Waals surface area contributed by atoms with Crippen LogP contribution in [0.2, 0.25) is 0 Å². The van der Waals surface area contributed by atoms with Crippen molar-refractivity contribution in [2.45, 2.75) is 11.5 Å². The lowest BCUT2D eigenvalue weighted by molar-refractivity contribution is -0.138. The highest BCUT2D eigenvalue weighted by molar-refractivity contribution is 7.99. The minimum atomic E-state index is -0.268. The molecule has 2 rings (SSSR count). The predicted molar refractivity (Wildman–Crippen MR) is 95.9 cm³/mol. The molecule has 0 aliphatic carbocycles. The first kappa shape index (κ1) is 18.5. The Bertz CT molecular complexity index is 664. The standard InChI is InChI=1S/C16H18N2O4S2/c1-21-15(19)9-23-7-13-14(8-24-10-16(20)22-2)18-12-6-4-3-5-11(12)17-13/h3-6H,7-10H2,1-2H3. The number of benzene rings is 1. The normalized spacial score (nSPS) is 10.6. The Kier molecular flexibility index (Phi) is 7.33. The maximum Gasteiger partial charge on any atom is 0.315 e. The Labute approximate surface area is 148 Å². The summed E-state index contributed by atoms with van der Waals surface area (Å²) < 4.78 is 9.28. The molecule has 8 heteroatoms. The first-order valence-corrected chi connectivity index (χ1v) is 9.48. The SMILES string of the molecule is COC(=O)CSCc1nc2ccccc2nc1CSCC(=O)OC. The van der Waals surface area contributed by atoms with Crippen molar-refractivity contribution in [2.75, 3.05) is 25.7 Å². The molecule has 0 unspecified atom stereocenters. The lowest BCUT2D eigenvalue weighted by Crippen LogP contribution is -2.07. The molecule has 0 N–H and O–H groups in total. The third kappa shape index (κ3) is 5.38. The molecule has 0 amide bonds. The van der Waals surface area contributed by atoms with E-state index in [1.807, 2.05) is 24.3 Å². The van der Waals surface area contributed by atoms with Gasteiger partial charge in [-0.2, -0.15) is 0 Å². The van der Waals surface area contributed by atoms with E-state index in [-0.39, 0.29) is 23.4 Å². The van der Waals surface area contributed by atoms with Crippen LogP contribution < -0.4 is 0 Å². The van der Waals surface area contributed by atoms with Gasteiger partial charge in [0.15, 0.2) is 0 Å². The van der Waals surface area contributed by atoms with Gasteiger partial charge < -0.3 is 9.47 Å². The summed E-state index contributed by atoms with van der Waals surface area (Å²) in [5.74, 6) is 1.10. The average Bonchev–Trinajstić information content (AvgIpc) is 2.61. The Balaban J connectivity index is 2.13. The molecule has 1 heterocycles. The second-order valence-corrected chi connectivity index (χ2v) is 6.71. The molecule has 1 aromatic heterocycles. The molecule has 0 aliphatic rings. The van der Waals surface area contributed by atoms with Gasteiger partial charge in [0.25, 0.3) is 0 Å². The van der Waals surface area contributed by atoms with Crippen LogP contribution in [0, 0.1) is 0 Å². The summed E-state index contributed by atoms with van der Waals surface area (Å²) in [4.78, 5) is 31.8. The van der Waals surface area contributed by atoms with E-state index in [0.29, 0.717) is 11.5 Å². The highest BCUT2D eigenvalue weighted by Crippen LogP contribution is 2.21. The smallest absolute Gasteiger partial charge is 0.315 e. The average molecular weight is 366 g/mol. The van der Waals surface area contributed by atoms with E-state index in [9.17, 15) is 9.59 Å². The van der Waals surface area contributed by atoms with Crippen molar-refractivity contribution in [1.82, 2.24) is 9.97 Å². The van der Waals surface area contributed by atoms with Crippen LogP contribution in [-0.4, -0.2) is 47.6 Å². The number of hydrogen-bond acceptors (Lipinski definition) is 8. The molecule has 2 aromatic rings. The minimum absolute atomic E-state index is 0.264. The number of methoxy groups -OCH3 is 2. The fourth-order valence-corrected chi connectivity index (χ4v) is 3.51. The van der Waals surface area contributed by atoms with E-state index in [2.05, 4.69) is 19.4 Å². The second kappa shape index (κ2) is 9.48. The van der Waals surface area contributed by atoms with E-state index in [4.69, 9.17) is 0 Å². The van der Waals surface area contributed by atoms with E-state index in [1.54, 1.807) is 0 Å². The van der Waals surface area contributed by atoms with Crippen LogP contribution >= 0.6 is 23.5 Å². The Hall–Kier alpha value is -1.80. The number of fused-ring (bicyclic) bond motifs is 1. The van der Waals surface area contributed by atoms with Gasteiger partial charge >= 0.3 is 11.9 Å². The number of esters is 2. The summed E-state index contributed by atoms with van der Waals surface area (Å²) >= 11 is 2.86. The zero-order valence-electron chi connectivity index (χ0n) is 13.5. The molecule has 0 fully saturated rings. The summed E-state index contributed by atoms with van der Waals surface area (Å²) in [6.07, 6.45) is 0. The zero-order chi connectivity index (χ0) is 17.4. The summed E-state index contributed by atoms with van der Waals surface area (Å²) in [6.45, 7) is 0. The second-order valence-electron chi connectivity index (χ2n) is 4.74. The number of carbonyl (C=O) groups excluding carboxylic acids is 2. The Morgan fingerprint density at radius 2 is 1.29 bits per heavy atom. The predicted octanol–water partition coefficient (Wildman–Crippen LogP) is 2.44. The first-order chi connectivity index (χ1) is 11.6. The maximum atomic E-state index is 11.2. The molecule has 0 saturated heterocycles. The molecule has 6 nitrogen and oxygen atoms in total. The van der Waals surface area contributed by atoms with Gasteiger partial charge in [0, 0.05) is 11.5 Å². The maximum absolute atomic E-state index is 11.2. The van der Waals surface area contributed by atoms with Crippen molar-refractivity contribution in [3.05, 3.63) is 35.7 Å². The third-order valence-electron chi connectivity index (χ3n) is 3.10. The van der Waals surface area contributed by atoms with E-state index < -0.39 is 0 Å². The third-order valence-corrected chi connectivity index (χ3v) is 4.93. The highest BCUT2D eigenvalue weighted by Gasteiger charge is 2.11. The van der Waals surface area contributed by atoms with Gasteiger partial charge in [0.1, 0.15) is 0 Å². The van der Waals surface area contributed by atoms with Crippen molar-refractivity contribution in [3.63, 3.8) is 0 Å². The molecule has 0 aliphatic heterocycles. The number of hydrogen-bond donors (Lipinski definition) is 0. The van der Waals surface area contributed by atoms with Crippen molar-refractivity contribution < 1.29 is 19.1 Å². The van der Waals surface area contributed by atoms with E-state index >= 15 is 0 Å². The highest BCUT2D eigenvalue weighted by atomic mass is 32.2. The van der Waals surface area contributed by atoms with Gasteiger partial charge in [-0.15, -0.1) is 23.5 Å². The van der Waals surface area contributed by atoms with Crippen LogP contribution in [0.5, 0.6) is 0 Å². The van der Waals surface area contributed by atoms with Crippen LogP contribution in [0.4, 0.5) is 0 Å². The molecule has 0 spiro atoms. The molecule has 24 heavy (non-hydrogen) atoms. The summed E-state index contributed by atoms with van der Waals surface area (Å²) in [6, 6.07) is 7.63. The number of ether oxygens (including phenoxy) is 2. The fraction of sp³-hybridized carbons (Fsp3) is 0.375. The first-order valence-electron chi connectivity index (χ1n) is 7.17. The minimum Gasteiger partial charge on any atom is -0.468 e. The van der Waals surface area contributed by atoms with Crippen LogP contribution in [-0.2, 0) is 30.6 Å². The van der Waals surface area contributed by atoms with Gasteiger partial charge in [-0.1, -0.05) is 12.1 Å². The fourth-order valence-electron chi connectivity index (χ4n) is 1.88. The molecule has 0 radical (unpaired) electrons. The Morgan fingerprint density at radius 1 is 0.875 bits per heavy atom. The Morgan fingerprint density at radius 3 is 1.67 bits per heavy atom. The number of rotatable bonds is 8. The molecule has 0 bridgehead atoms. The van der Waals surface area contributed by atoms with Crippen molar-refractivity contribution in [2.24, 2.45) is 0 Å². The summed E-state index contributed by atoms with van der Waals surface area (Å²) in [7, 11) is 2.74. The lowest BCUT2D eigenvalue weighted by Gasteiger charge is -2.09. The summed E-state index contributed by atoms with van der Waals surface area (Å²) in [5, 5.41) is 0. The quantitative estimate of drug-likeness (QED) is 0.659. The molecule has 1 aromatic carbocycles. The molecule has 0 atom stereocenters. The van der Waals surface area contributed by atoms with Gasteiger partial charge in [-0.3, -0.25) is 9.59 Å². The monoisotopic (exact) mass is 366 g/mol. The molecular weight excluding hydrogens is 348 g/mol. The van der Waals surface area contributed by atoms with Crippen LogP contribution in [0.25, 0.3) is 11.0 Å². The number of nitrogens with zero attached hydrogens (tertiary/aromatic N) is 2. The van der Waals surface area contributed by atoms with Gasteiger partial charge in [-0.05, 0) is 12.1 Å².